The number of aromatic nitrogens is 1. The molecule has 0 saturated carbocycles. The van der Waals surface area contributed by atoms with Gasteiger partial charge in [0.1, 0.15) is 5.82 Å². The van der Waals surface area contributed by atoms with Crippen LogP contribution in [-0.2, 0) is 11.2 Å². The van der Waals surface area contributed by atoms with Crippen molar-refractivity contribution in [3.05, 3.63) is 88.7 Å². The maximum Gasteiger partial charge on any atom is 0.338 e. The number of fused-ring (bicyclic) bond motifs is 1. The molecule has 4 aromatic rings. The van der Waals surface area contributed by atoms with Gasteiger partial charge in [-0.3, -0.25) is 0 Å². The van der Waals surface area contributed by atoms with E-state index in [1.807, 2.05) is 37.3 Å². The molecule has 4 nitrogen and oxygen atoms in total. The van der Waals surface area contributed by atoms with Crippen LogP contribution < -0.4 is 5.32 Å². The van der Waals surface area contributed by atoms with E-state index in [4.69, 9.17) is 4.74 Å². The van der Waals surface area contributed by atoms with Crippen LogP contribution in [0.1, 0.15) is 27.0 Å². The van der Waals surface area contributed by atoms with Crippen LogP contribution in [0.3, 0.4) is 0 Å². The average Bonchev–Trinajstić information content (AvgIpc) is 3.10. The first-order valence-electron chi connectivity index (χ1n) is 9.12. The molecule has 6 heteroatoms. The molecule has 0 unspecified atom stereocenters. The Hall–Kier alpha value is -3.25. The average molecular weight is 406 g/mol. The maximum atomic E-state index is 13.3. The summed E-state index contributed by atoms with van der Waals surface area (Å²) in [6, 6.07) is 18.5. The van der Waals surface area contributed by atoms with E-state index in [1.54, 1.807) is 6.07 Å². The van der Waals surface area contributed by atoms with Gasteiger partial charge in [0, 0.05) is 5.69 Å². The Morgan fingerprint density at radius 1 is 1.07 bits per heavy atom. The van der Waals surface area contributed by atoms with Crippen LogP contribution in [0.4, 0.5) is 15.2 Å². The minimum Gasteiger partial charge on any atom is -0.465 e. The summed E-state index contributed by atoms with van der Waals surface area (Å²) in [7, 11) is 1.39. The lowest BCUT2D eigenvalue weighted by Crippen LogP contribution is -2.04. The molecule has 1 aromatic heterocycles. The van der Waals surface area contributed by atoms with Crippen molar-refractivity contribution in [2.24, 2.45) is 0 Å². The molecule has 0 atom stereocenters. The number of methoxy groups -OCH3 is 1. The quantitative estimate of drug-likeness (QED) is 0.422. The molecule has 0 radical (unpaired) electrons. The lowest BCUT2D eigenvalue weighted by molar-refractivity contribution is 0.0600. The zero-order chi connectivity index (χ0) is 20.4. The molecular weight excluding hydrogens is 387 g/mol. The van der Waals surface area contributed by atoms with E-state index in [2.05, 4.69) is 22.4 Å². The van der Waals surface area contributed by atoms with E-state index in [0.717, 1.165) is 44.1 Å². The van der Waals surface area contributed by atoms with Gasteiger partial charge in [-0.05, 0) is 66.4 Å². The third-order valence-electron chi connectivity index (χ3n) is 4.66. The number of carbonyl (C=O) groups is 1. The number of aryl methyl sites for hydroxylation is 1. The van der Waals surface area contributed by atoms with Crippen molar-refractivity contribution < 1.29 is 13.9 Å². The molecule has 0 aliphatic heterocycles. The maximum absolute atomic E-state index is 13.3. The number of ether oxygens (including phenoxy) is 1. The molecule has 4 rings (SSSR count). The minimum atomic E-state index is -0.318. The molecule has 3 aromatic carbocycles. The molecule has 0 spiro atoms. The normalized spacial score (nSPS) is 10.9. The fourth-order valence-electron chi connectivity index (χ4n) is 3.19. The lowest BCUT2D eigenvalue weighted by Gasteiger charge is -2.08. The van der Waals surface area contributed by atoms with Gasteiger partial charge in [0.15, 0.2) is 5.13 Å². The number of anilines is 2. The van der Waals surface area contributed by atoms with Gasteiger partial charge < -0.3 is 10.1 Å². The van der Waals surface area contributed by atoms with Crippen LogP contribution in [0.15, 0.2) is 60.7 Å². The van der Waals surface area contributed by atoms with Crippen molar-refractivity contribution >= 4 is 38.3 Å². The lowest BCUT2D eigenvalue weighted by atomic mass is 10.00. The van der Waals surface area contributed by atoms with Gasteiger partial charge in [-0.25, -0.2) is 14.2 Å². The number of hydrogen-bond acceptors (Lipinski definition) is 5. The van der Waals surface area contributed by atoms with Crippen LogP contribution in [0, 0.1) is 12.7 Å². The number of halogens is 1. The van der Waals surface area contributed by atoms with Gasteiger partial charge in [-0.2, -0.15) is 0 Å². The number of nitrogens with one attached hydrogen (secondary N) is 1. The van der Waals surface area contributed by atoms with E-state index < -0.39 is 0 Å². The number of hydrogen-bond donors (Lipinski definition) is 1. The van der Waals surface area contributed by atoms with Gasteiger partial charge in [-0.1, -0.05) is 35.6 Å². The second kappa shape index (κ2) is 8.01. The summed E-state index contributed by atoms with van der Waals surface area (Å²) >= 11 is 1.42. The monoisotopic (exact) mass is 406 g/mol. The van der Waals surface area contributed by atoms with Gasteiger partial charge in [0.25, 0.3) is 0 Å². The number of esters is 1. The highest BCUT2D eigenvalue weighted by Crippen LogP contribution is 2.29. The van der Waals surface area contributed by atoms with Crippen LogP contribution >= 0.6 is 11.3 Å². The third-order valence-corrected chi connectivity index (χ3v) is 5.59. The molecule has 0 aliphatic carbocycles. The Balaban J connectivity index is 1.46. The zero-order valence-electron chi connectivity index (χ0n) is 16.0. The highest BCUT2D eigenvalue weighted by atomic mass is 32.1. The Morgan fingerprint density at radius 3 is 2.55 bits per heavy atom. The molecule has 0 saturated heterocycles. The van der Waals surface area contributed by atoms with E-state index in [1.165, 1.54) is 30.6 Å². The highest BCUT2D eigenvalue weighted by Gasteiger charge is 2.10. The smallest absolute Gasteiger partial charge is 0.338 e. The number of carbonyl (C=O) groups excluding carboxylic acids is 1. The summed E-state index contributed by atoms with van der Waals surface area (Å²) in [5, 5.41) is 4.00. The van der Waals surface area contributed by atoms with Gasteiger partial charge in [0.2, 0.25) is 0 Å². The van der Waals surface area contributed by atoms with E-state index in [0.29, 0.717) is 5.56 Å². The Kier molecular flexibility index (Phi) is 5.27. The van der Waals surface area contributed by atoms with Crippen LogP contribution in [0.5, 0.6) is 0 Å². The fraction of sp³-hybridized carbons (Fsp3) is 0.130. The van der Waals surface area contributed by atoms with E-state index in [9.17, 15) is 9.18 Å². The predicted molar refractivity (Wildman–Crippen MR) is 115 cm³/mol. The first-order valence-corrected chi connectivity index (χ1v) is 9.93. The predicted octanol–water partition coefficient (Wildman–Crippen LogP) is 5.86. The molecule has 29 heavy (non-hydrogen) atoms. The van der Waals surface area contributed by atoms with E-state index in [-0.39, 0.29) is 11.8 Å². The number of nitrogens with zero attached hydrogens (tertiary/aromatic N) is 1. The van der Waals surface area contributed by atoms with Crippen molar-refractivity contribution in [2.75, 3.05) is 12.4 Å². The molecule has 0 aliphatic rings. The SMILES string of the molecule is COC(=O)c1ccc(Cc2ccc(Nc3nc4ccc(F)cc4s3)cc2)cc1C. The number of rotatable bonds is 5. The van der Waals surface area contributed by atoms with Crippen LogP contribution in [0.2, 0.25) is 0 Å². The summed E-state index contributed by atoms with van der Waals surface area (Å²) in [5.74, 6) is -0.575. The molecule has 0 fully saturated rings. The Bertz CT molecular complexity index is 1190. The second-order valence-electron chi connectivity index (χ2n) is 6.77. The van der Waals surface area contributed by atoms with Gasteiger partial charge in [-0.15, -0.1) is 0 Å². The second-order valence-corrected chi connectivity index (χ2v) is 7.80. The van der Waals surface area contributed by atoms with E-state index >= 15 is 0 Å². The van der Waals surface area contributed by atoms with Crippen molar-refractivity contribution in [2.45, 2.75) is 13.3 Å². The molecule has 0 bridgehead atoms. The largest absolute Gasteiger partial charge is 0.465 e. The van der Waals surface area contributed by atoms with Crippen LogP contribution in [0.25, 0.3) is 10.2 Å². The summed E-state index contributed by atoms with van der Waals surface area (Å²) in [5.41, 5.74) is 5.48. The number of benzene rings is 3. The van der Waals surface area contributed by atoms with Gasteiger partial charge >= 0.3 is 5.97 Å². The van der Waals surface area contributed by atoms with Gasteiger partial charge in [0.05, 0.1) is 22.9 Å². The minimum absolute atomic E-state index is 0.257. The molecule has 0 amide bonds. The van der Waals surface area contributed by atoms with Crippen molar-refractivity contribution in [3.8, 4) is 0 Å². The fourth-order valence-corrected chi connectivity index (χ4v) is 4.10. The Labute approximate surface area is 172 Å². The molecule has 146 valence electrons. The topological polar surface area (TPSA) is 51.2 Å². The summed E-state index contributed by atoms with van der Waals surface area (Å²) in [4.78, 5) is 16.2. The van der Waals surface area contributed by atoms with Crippen molar-refractivity contribution in [1.29, 1.82) is 0 Å². The molecular formula is C23H19FN2O2S. The first kappa shape index (κ1) is 19.1. The molecule has 1 heterocycles. The third kappa shape index (κ3) is 4.27. The highest BCUT2D eigenvalue weighted by molar-refractivity contribution is 7.22. The first-order chi connectivity index (χ1) is 14.0. The standard InChI is InChI=1S/C23H19FN2O2S/c1-14-11-16(5-9-19(14)22(27)28-2)12-15-3-7-18(8-4-15)25-23-26-20-10-6-17(24)13-21(20)29-23/h3-11,13H,12H2,1-2H3,(H,25,26). The summed E-state index contributed by atoms with van der Waals surface area (Å²) in [6.07, 6.45) is 0.767. The van der Waals surface area contributed by atoms with Crippen LogP contribution in [-0.4, -0.2) is 18.1 Å². The van der Waals surface area contributed by atoms with Crippen molar-refractivity contribution in [3.63, 3.8) is 0 Å². The Morgan fingerprint density at radius 2 is 1.83 bits per heavy atom. The van der Waals surface area contributed by atoms with Crippen molar-refractivity contribution in [1.82, 2.24) is 4.98 Å². The summed E-state index contributed by atoms with van der Waals surface area (Å²) in [6.45, 7) is 1.91. The molecule has 1 N–H and O–H groups in total. The summed E-state index contributed by atoms with van der Waals surface area (Å²) < 4.78 is 18.9. The zero-order valence-corrected chi connectivity index (χ0v) is 16.8. The number of thiazole rings is 1.